The lowest BCUT2D eigenvalue weighted by molar-refractivity contribution is -0.181. The molecule has 0 radical (unpaired) electrons. The first-order chi connectivity index (χ1) is 10.7. The Morgan fingerprint density at radius 1 is 1.26 bits per heavy atom. The van der Waals surface area contributed by atoms with E-state index in [-0.39, 0.29) is 24.0 Å². The monoisotopic (exact) mass is 329 g/mol. The zero-order valence-electron chi connectivity index (χ0n) is 15.3. The summed E-state index contributed by atoms with van der Waals surface area (Å²) in [5, 5.41) is 0. The Hall–Kier alpha value is -1.14. The number of nitrogens with zero attached hydrogens (tertiary/aromatic N) is 1. The normalized spacial score (nSPS) is 20.0. The first kappa shape index (κ1) is 19.9. The van der Waals surface area contributed by atoms with E-state index in [4.69, 9.17) is 14.2 Å². The zero-order valence-corrected chi connectivity index (χ0v) is 15.3. The van der Waals surface area contributed by atoms with Crippen molar-refractivity contribution < 1.29 is 23.8 Å². The van der Waals surface area contributed by atoms with Gasteiger partial charge >= 0.3 is 6.09 Å². The van der Waals surface area contributed by atoms with Gasteiger partial charge in [0.2, 0.25) is 5.91 Å². The fourth-order valence-electron chi connectivity index (χ4n) is 2.44. The maximum atomic E-state index is 12.8. The van der Waals surface area contributed by atoms with E-state index in [9.17, 15) is 9.59 Å². The molecule has 0 bridgehead atoms. The van der Waals surface area contributed by atoms with Crippen LogP contribution in [0.2, 0.25) is 0 Å². The van der Waals surface area contributed by atoms with Crippen molar-refractivity contribution in [3.05, 3.63) is 0 Å². The van der Waals surface area contributed by atoms with Crippen LogP contribution in [-0.4, -0.2) is 49.1 Å². The molecule has 23 heavy (non-hydrogen) atoms. The molecule has 134 valence electrons. The molecule has 1 heterocycles. The Bertz CT molecular complexity index is 396. The minimum atomic E-state index is -0.642. The topological polar surface area (TPSA) is 65.1 Å². The van der Waals surface area contributed by atoms with E-state index in [1.54, 1.807) is 6.92 Å². The van der Waals surface area contributed by atoms with E-state index < -0.39 is 18.3 Å². The third-order valence-electron chi connectivity index (χ3n) is 3.88. The number of cyclic esters (lactones) is 1. The van der Waals surface area contributed by atoms with Crippen molar-refractivity contribution in [1.29, 1.82) is 0 Å². The van der Waals surface area contributed by atoms with Crippen molar-refractivity contribution in [3.63, 3.8) is 0 Å². The van der Waals surface area contributed by atoms with Crippen molar-refractivity contribution in [3.8, 4) is 0 Å². The van der Waals surface area contributed by atoms with Crippen LogP contribution < -0.4 is 0 Å². The molecule has 1 aliphatic rings. The number of hydrogen-bond donors (Lipinski definition) is 0. The highest BCUT2D eigenvalue weighted by Crippen LogP contribution is 2.31. The molecule has 1 aliphatic heterocycles. The number of imide groups is 1. The minimum Gasteiger partial charge on any atom is -0.447 e. The van der Waals surface area contributed by atoms with Crippen LogP contribution in [0.4, 0.5) is 4.79 Å². The molecule has 2 atom stereocenters. The van der Waals surface area contributed by atoms with Crippen molar-refractivity contribution >= 4 is 12.0 Å². The van der Waals surface area contributed by atoms with Crippen LogP contribution in [0.1, 0.15) is 54.4 Å². The Morgan fingerprint density at radius 3 is 2.22 bits per heavy atom. The van der Waals surface area contributed by atoms with Crippen LogP contribution in [-0.2, 0) is 19.0 Å². The van der Waals surface area contributed by atoms with Gasteiger partial charge < -0.3 is 14.2 Å². The maximum Gasteiger partial charge on any atom is 0.417 e. The van der Waals surface area contributed by atoms with Gasteiger partial charge in [0.1, 0.15) is 6.61 Å². The number of ether oxygens (including phenoxy) is 3. The third-order valence-corrected chi connectivity index (χ3v) is 3.88. The third kappa shape index (κ3) is 5.18. The van der Waals surface area contributed by atoms with E-state index >= 15 is 0 Å². The molecule has 0 aliphatic carbocycles. The number of rotatable bonds is 8. The van der Waals surface area contributed by atoms with Crippen LogP contribution in [0.3, 0.4) is 0 Å². The van der Waals surface area contributed by atoms with Crippen molar-refractivity contribution in [2.24, 2.45) is 11.3 Å². The fraction of sp³-hybridized carbons (Fsp3) is 0.882. The molecule has 2 amide bonds. The molecule has 0 aromatic carbocycles. The predicted molar refractivity (Wildman–Crippen MR) is 86.9 cm³/mol. The Balaban J connectivity index is 2.87. The van der Waals surface area contributed by atoms with Crippen LogP contribution in [0.15, 0.2) is 0 Å². The maximum absolute atomic E-state index is 12.8. The summed E-state index contributed by atoms with van der Waals surface area (Å²) in [6, 6.07) is -0.275. The molecular weight excluding hydrogens is 298 g/mol. The Labute approximate surface area is 139 Å². The van der Waals surface area contributed by atoms with Gasteiger partial charge in [0.05, 0.1) is 12.0 Å². The lowest BCUT2D eigenvalue weighted by Crippen LogP contribution is -2.50. The Morgan fingerprint density at radius 2 is 1.78 bits per heavy atom. The summed E-state index contributed by atoms with van der Waals surface area (Å²) >= 11 is 0. The van der Waals surface area contributed by atoms with Gasteiger partial charge in [-0.1, -0.05) is 34.6 Å². The summed E-state index contributed by atoms with van der Waals surface area (Å²) in [6.07, 6.45) is 0.454. The number of amides is 2. The number of carbonyl (C=O) groups excluding carboxylic acids is 2. The SMILES string of the molecule is CCCOC(OCCC)[C@H](C)C(=O)N1C(=O)OC[C@@H]1C(C)(C)C. The number of carbonyl (C=O) groups is 2. The fourth-order valence-corrected chi connectivity index (χ4v) is 2.44. The van der Waals surface area contributed by atoms with E-state index in [0.29, 0.717) is 13.2 Å². The zero-order chi connectivity index (χ0) is 17.6. The van der Waals surface area contributed by atoms with Gasteiger partial charge in [-0.05, 0) is 25.2 Å². The lowest BCUT2D eigenvalue weighted by Gasteiger charge is -2.33. The number of hydrogen-bond acceptors (Lipinski definition) is 5. The van der Waals surface area contributed by atoms with Crippen molar-refractivity contribution in [1.82, 2.24) is 4.90 Å². The molecule has 1 saturated heterocycles. The molecule has 0 unspecified atom stereocenters. The smallest absolute Gasteiger partial charge is 0.417 e. The Kier molecular flexibility index (Phi) is 7.48. The van der Waals surface area contributed by atoms with E-state index in [1.807, 2.05) is 34.6 Å². The molecule has 1 fully saturated rings. The molecule has 6 nitrogen and oxygen atoms in total. The average molecular weight is 329 g/mol. The van der Waals surface area contributed by atoms with Crippen LogP contribution in [0.5, 0.6) is 0 Å². The second kappa shape index (κ2) is 8.64. The van der Waals surface area contributed by atoms with Crippen LogP contribution in [0.25, 0.3) is 0 Å². The van der Waals surface area contributed by atoms with Crippen LogP contribution >= 0.6 is 0 Å². The summed E-state index contributed by atoms with van der Waals surface area (Å²) in [7, 11) is 0. The molecule has 0 spiro atoms. The lowest BCUT2D eigenvalue weighted by atomic mass is 9.86. The highest BCUT2D eigenvalue weighted by molar-refractivity contribution is 5.95. The van der Waals surface area contributed by atoms with Gasteiger partial charge in [0, 0.05) is 13.2 Å². The van der Waals surface area contributed by atoms with Crippen molar-refractivity contribution in [2.75, 3.05) is 19.8 Å². The molecule has 0 aromatic rings. The van der Waals surface area contributed by atoms with Gasteiger partial charge in [-0.3, -0.25) is 4.79 Å². The molecule has 6 heteroatoms. The second-order valence-electron chi connectivity index (χ2n) is 7.07. The molecule has 0 saturated carbocycles. The summed E-state index contributed by atoms with van der Waals surface area (Å²) in [5.74, 6) is -0.867. The molecular formula is C17H31NO5. The molecule has 0 aromatic heterocycles. The standard InChI is InChI=1S/C17H31NO5/c1-7-9-21-15(22-10-8-2)12(3)14(19)18-13(17(4,5)6)11-23-16(18)20/h12-13,15H,7-11H2,1-6H3/t12-,13-/m1/s1. The van der Waals surface area contributed by atoms with Gasteiger partial charge in [-0.25, -0.2) is 9.69 Å². The van der Waals surface area contributed by atoms with Gasteiger partial charge in [-0.2, -0.15) is 0 Å². The first-order valence-corrected chi connectivity index (χ1v) is 8.47. The summed E-state index contributed by atoms with van der Waals surface area (Å²) in [5.41, 5.74) is -0.244. The highest BCUT2D eigenvalue weighted by Gasteiger charge is 2.46. The second-order valence-corrected chi connectivity index (χ2v) is 7.07. The van der Waals surface area contributed by atoms with Gasteiger partial charge in [0.25, 0.3) is 0 Å². The average Bonchev–Trinajstić information content (AvgIpc) is 2.88. The van der Waals surface area contributed by atoms with Gasteiger partial charge in [0.15, 0.2) is 6.29 Å². The van der Waals surface area contributed by atoms with E-state index in [2.05, 4.69) is 0 Å². The quantitative estimate of drug-likeness (QED) is 0.640. The summed E-state index contributed by atoms with van der Waals surface area (Å²) in [6.45, 7) is 13.0. The summed E-state index contributed by atoms with van der Waals surface area (Å²) < 4.78 is 16.4. The highest BCUT2D eigenvalue weighted by atomic mass is 16.7. The van der Waals surface area contributed by atoms with Crippen molar-refractivity contribution in [2.45, 2.75) is 66.7 Å². The predicted octanol–water partition coefficient (Wildman–Crippen LogP) is 3.20. The minimum absolute atomic E-state index is 0.233. The van der Waals surface area contributed by atoms with Crippen LogP contribution in [0, 0.1) is 11.3 Å². The first-order valence-electron chi connectivity index (χ1n) is 8.47. The summed E-state index contributed by atoms with van der Waals surface area (Å²) in [4.78, 5) is 26.1. The van der Waals surface area contributed by atoms with E-state index in [1.165, 1.54) is 4.90 Å². The largest absolute Gasteiger partial charge is 0.447 e. The van der Waals surface area contributed by atoms with Gasteiger partial charge in [-0.15, -0.1) is 0 Å². The van der Waals surface area contributed by atoms with E-state index in [0.717, 1.165) is 12.8 Å². The molecule has 1 rings (SSSR count). The molecule has 0 N–H and O–H groups in total.